The Bertz CT molecular complexity index is 648. The molecule has 0 aliphatic rings. The van der Waals surface area contributed by atoms with Crippen molar-refractivity contribution in [2.45, 2.75) is 13.8 Å². The second-order valence-corrected chi connectivity index (χ2v) is 5.29. The van der Waals surface area contributed by atoms with E-state index in [-0.39, 0.29) is 11.8 Å². The fourth-order valence-corrected chi connectivity index (χ4v) is 2.07. The lowest BCUT2D eigenvalue weighted by atomic mass is 10.0. The zero-order chi connectivity index (χ0) is 16.1. The van der Waals surface area contributed by atoms with Gasteiger partial charge in [-0.1, -0.05) is 26.0 Å². The Morgan fingerprint density at radius 3 is 2.23 bits per heavy atom. The number of carbonyl (C=O) groups is 1. The van der Waals surface area contributed by atoms with Crippen LogP contribution in [0.25, 0.3) is 11.1 Å². The zero-order valence-electron chi connectivity index (χ0n) is 13.3. The standard InChI is InChI=1S/C18H21NO3/c1-12(2)18(20)19-14-7-10-17(22-4)16(11-14)13-5-8-15(21-3)9-6-13/h5-12H,1-4H3,(H,19,20). The molecule has 0 spiro atoms. The molecule has 0 unspecified atom stereocenters. The summed E-state index contributed by atoms with van der Waals surface area (Å²) >= 11 is 0. The Balaban J connectivity index is 2.37. The molecule has 0 radical (unpaired) electrons. The Kier molecular flexibility index (Phi) is 5.04. The summed E-state index contributed by atoms with van der Waals surface area (Å²) in [7, 11) is 3.27. The minimum absolute atomic E-state index is 0.00847. The predicted molar refractivity (Wildman–Crippen MR) is 88.4 cm³/mol. The van der Waals surface area contributed by atoms with E-state index in [1.165, 1.54) is 0 Å². The summed E-state index contributed by atoms with van der Waals surface area (Å²) in [4.78, 5) is 11.8. The van der Waals surface area contributed by atoms with Crippen LogP contribution in [0.2, 0.25) is 0 Å². The van der Waals surface area contributed by atoms with Crippen LogP contribution in [0.5, 0.6) is 11.5 Å². The van der Waals surface area contributed by atoms with Gasteiger partial charge in [-0.15, -0.1) is 0 Å². The number of carbonyl (C=O) groups excluding carboxylic acids is 1. The largest absolute Gasteiger partial charge is 0.497 e. The molecule has 1 amide bonds. The maximum Gasteiger partial charge on any atom is 0.226 e. The van der Waals surface area contributed by atoms with Gasteiger partial charge in [-0.25, -0.2) is 0 Å². The molecule has 0 fully saturated rings. The highest BCUT2D eigenvalue weighted by Gasteiger charge is 2.11. The van der Waals surface area contributed by atoms with Gasteiger partial charge in [-0.3, -0.25) is 4.79 Å². The van der Waals surface area contributed by atoms with Gasteiger partial charge in [0.1, 0.15) is 11.5 Å². The van der Waals surface area contributed by atoms with Crippen molar-refractivity contribution in [3.63, 3.8) is 0 Å². The summed E-state index contributed by atoms with van der Waals surface area (Å²) in [5.41, 5.74) is 2.68. The monoisotopic (exact) mass is 299 g/mol. The molecule has 2 aromatic carbocycles. The molecule has 0 heterocycles. The number of nitrogens with one attached hydrogen (secondary N) is 1. The van der Waals surface area contributed by atoms with Gasteiger partial charge in [-0.2, -0.15) is 0 Å². The molecule has 0 saturated heterocycles. The van der Waals surface area contributed by atoms with Crippen LogP contribution >= 0.6 is 0 Å². The lowest BCUT2D eigenvalue weighted by Crippen LogP contribution is -2.17. The average Bonchev–Trinajstić information content (AvgIpc) is 2.54. The van der Waals surface area contributed by atoms with Crippen molar-refractivity contribution in [2.24, 2.45) is 5.92 Å². The van der Waals surface area contributed by atoms with Crippen molar-refractivity contribution in [1.29, 1.82) is 0 Å². The molecule has 0 saturated carbocycles. The molecular formula is C18H21NO3. The molecule has 2 aromatic rings. The summed E-state index contributed by atoms with van der Waals surface area (Å²) in [6.45, 7) is 3.73. The third-order valence-electron chi connectivity index (χ3n) is 3.39. The highest BCUT2D eigenvalue weighted by molar-refractivity contribution is 5.93. The Morgan fingerprint density at radius 1 is 1.00 bits per heavy atom. The molecule has 2 rings (SSSR count). The van der Waals surface area contributed by atoms with Gasteiger partial charge in [0.15, 0.2) is 0 Å². The van der Waals surface area contributed by atoms with Crippen LogP contribution in [0.3, 0.4) is 0 Å². The Hall–Kier alpha value is -2.49. The quantitative estimate of drug-likeness (QED) is 0.909. The maximum absolute atomic E-state index is 11.8. The molecule has 0 aliphatic heterocycles. The van der Waals surface area contributed by atoms with Gasteiger partial charge in [0, 0.05) is 17.2 Å². The lowest BCUT2D eigenvalue weighted by Gasteiger charge is -2.13. The Morgan fingerprint density at radius 2 is 1.68 bits per heavy atom. The number of hydrogen-bond acceptors (Lipinski definition) is 3. The molecule has 22 heavy (non-hydrogen) atoms. The first-order valence-electron chi connectivity index (χ1n) is 7.18. The molecule has 0 atom stereocenters. The maximum atomic E-state index is 11.8. The fourth-order valence-electron chi connectivity index (χ4n) is 2.07. The summed E-state index contributed by atoms with van der Waals surface area (Å²) < 4.78 is 10.6. The van der Waals surface area contributed by atoms with Crippen LogP contribution in [0.4, 0.5) is 5.69 Å². The minimum Gasteiger partial charge on any atom is -0.497 e. The van der Waals surface area contributed by atoms with Crippen LogP contribution in [0.1, 0.15) is 13.8 Å². The van der Waals surface area contributed by atoms with E-state index in [0.717, 1.165) is 28.3 Å². The van der Waals surface area contributed by atoms with Gasteiger partial charge < -0.3 is 14.8 Å². The van der Waals surface area contributed by atoms with Crippen LogP contribution in [0.15, 0.2) is 42.5 Å². The van der Waals surface area contributed by atoms with Crippen molar-refractivity contribution in [2.75, 3.05) is 19.5 Å². The number of methoxy groups -OCH3 is 2. The average molecular weight is 299 g/mol. The zero-order valence-corrected chi connectivity index (χ0v) is 13.3. The van der Waals surface area contributed by atoms with Crippen molar-refractivity contribution >= 4 is 11.6 Å². The second kappa shape index (κ2) is 6.98. The minimum atomic E-state index is -0.0634. The van der Waals surface area contributed by atoms with Crippen molar-refractivity contribution < 1.29 is 14.3 Å². The highest BCUT2D eigenvalue weighted by Crippen LogP contribution is 2.33. The third-order valence-corrected chi connectivity index (χ3v) is 3.39. The molecule has 1 N–H and O–H groups in total. The van der Waals surface area contributed by atoms with Gasteiger partial charge in [0.2, 0.25) is 5.91 Å². The van der Waals surface area contributed by atoms with E-state index in [9.17, 15) is 4.79 Å². The van der Waals surface area contributed by atoms with Crippen molar-refractivity contribution in [3.05, 3.63) is 42.5 Å². The van der Waals surface area contributed by atoms with Crippen molar-refractivity contribution in [3.8, 4) is 22.6 Å². The molecule has 4 nitrogen and oxygen atoms in total. The molecular weight excluding hydrogens is 278 g/mol. The molecule has 4 heteroatoms. The van der Waals surface area contributed by atoms with Crippen LogP contribution in [-0.4, -0.2) is 20.1 Å². The first kappa shape index (κ1) is 15.9. The molecule has 116 valence electrons. The number of ether oxygens (including phenoxy) is 2. The second-order valence-electron chi connectivity index (χ2n) is 5.29. The van der Waals surface area contributed by atoms with Crippen LogP contribution in [0, 0.1) is 5.92 Å². The van der Waals surface area contributed by atoms with Gasteiger partial charge in [-0.05, 0) is 35.9 Å². The molecule has 0 bridgehead atoms. The van der Waals surface area contributed by atoms with Gasteiger partial charge in [0.25, 0.3) is 0 Å². The fraction of sp³-hybridized carbons (Fsp3) is 0.278. The number of anilines is 1. The third kappa shape index (κ3) is 3.58. The molecule has 0 aromatic heterocycles. The van der Waals surface area contributed by atoms with E-state index < -0.39 is 0 Å². The number of hydrogen-bond donors (Lipinski definition) is 1. The summed E-state index contributed by atoms with van der Waals surface area (Å²) in [6.07, 6.45) is 0. The predicted octanol–water partition coefficient (Wildman–Crippen LogP) is 3.97. The number of amides is 1. The molecule has 0 aliphatic carbocycles. The number of rotatable bonds is 5. The van der Waals surface area contributed by atoms with E-state index in [1.54, 1.807) is 14.2 Å². The van der Waals surface area contributed by atoms with Gasteiger partial charge >= 0.3 is 0 Å². The van der Waals surface area contributed by atoms with E-state index >= 15 is 0 Å². The smallest absolute Gasteiger partial charge is 0.226 e. The summed E-state index contributed by atoms with van der Waals surface area (Å²) in [5, 5.41) is 2.91. The number of benzene rings is 2. The first-order chi connectivity index (χ1) is 10.5. The normalized spacial score (nSPS) is 10.4. The van der Waals surface area contributed by atoms with E-state index in [4.69, 9.17) is 9.47 Å². The van der Waals surface area contributed by atoms with Crippen molar-refractivity contribution in [1.82, 2.24) is 0 Å². The lowest BCUT2D eigenvalue weighted by molar-refractivity contribution is -0.118. The van der Waals surface area contributed by atoms with E-state index in [1.807, 2.05) is 56.3 Å². The van der Waals surface area contributed by atoms with Gasteiger partial charge in [0.05, 0.1) is 14.2 Å². The van der Waals surface area contributed by atoms with E-state index in [2.05, 4.69) is 5.32 Å². The first-order valence-corrected chi connectivity index (χ1v) is 7.18. The Labute approximate surface area is 131 Å². The van der Waals surface area contributed by atoms with Crippen LogP contribution < -0.4 is 14.8 Å². The van der Waals surface area contributed by atoms with E-state index in [0.29, 0.717) is 0 Å². The summed E-state index contributed by atoms with van der Waals surface area (Å²) in [6, 6.07) is 13.3. The van der Waals surface area contributed by atoms with Crippen LogP contribution in [-0.2, 0) is 4.79 Å². The SMILES string of the molecule is COc1ccc(-c2cc(NC(=O)C(C)C)ccc2OC)cc1. The summed E-state index contributed by atoms with van der Waals surface area (Å²) in [5.74, 6) is 1.48. The highest BCUT2D eigenvalue weighted by atomic mass is 16.5. The topological polar surface area (TPSA) is 47.6 Å².